The van der Waals surface area contributed by atoms with Gasteiger partial charge in [0.25, 0.3) is 0 Å². The molecule has 0 unspecified atom stereocenters. The first-order chi connectivity index (χ1) is 17.2. The predicted molar refractivity (Wildman–Crippen MR) is 132 cm³/mol. The number of carbonyl (C=O) groups excluding carboxylic acids is 2. The van der Waals surface area contributed by atoms with Crippen molar-refractivity contribution in [1.29, 1.82) is 0 Å². The zero-order chi connectivity index (χ0) is 25.7. The summed E-state index contributed by atoms with van der Waals surface area (Å²) in [5, 5.41) is 13.3. The number of hydrogen-bond acceptors (Lipinski definition) is 5. The maximum atomic E-state index is 13.4. The highest BCUT2D eigenvalue weighted by Crippen LogP contribution is 2.32. The van der Waals surface area contributed by atoms with E-state index < -0.39 is 11.7 Å². The van der Waals surface area contributed by atoms with Gasteiger partial charge in [-0.1, -0.05) is 54.2 Å². The number of nitrogens with one attached hydrogen (secondary N) is 1. The van der Waals surface area contributed by atoms with E-state index in [2.05, 4.69) is 15.5 Å². The molecule has 0 bridgehead atoms. The zero-order valence-electron chi connectivity index (χ0n) is 19.4. The number of ketones is 1. The quantitative estimate of drug-likeness (QED) is 0.183. The second-order valence-corrected chi connectivity index (χ2v) is 9.09. The van der Waals surface area contributed by atoms with Crippen molar-refractivity contribution < 1.29 is 22.8 Å². The summed E-state index contributed by atoms with van der Waals surface area (Å²) in [6, 6.07) is 18.1. The Morgan fingerprint density at radius 3 is 2.50 bits per heavy atom. The third-order valence-corrected chi connectivity index (χ3v) is 6.42. The number of aryl methyl sites for hydroxylation is 1. The molecular weight excluding hydrogens is 489 g/mol. The fraction of sp³-hybridized carbons (Fsp3) is 0.231. The molecule has 0 aliphatic heterocycles. The topological polar surface area (TPSA) is 76.9 Å². The molecule has 1 amide bonds. The van der Waals surface area contributed by atoms with Crippen LogP contribution in [0.1, 0.15) is 35.1 Å². The number of carbonyl (C=O) groups is 2. The largest absolute Gasteiger partial charge is 0.416 e. The lowest BCUT2D eigenvalue weighted by Gasteiger charge is -2.13. The number of halogens is 3. The van der Waals surface area contributed by atoms with Crippen LogP contribution >= 0.6 is 11.8 Å². The zero-order valence-corrected chi connectivity index (χ0v) is 20.2. The maximum absolute atomic E-state index is 13.4. The molecule has 0 aliphatic rings. The summed E-state index contributed by atoms with van der Waals surface area (Å²) in [4.78, 5) is 24.0. The number of aromatic nitrogens is 3. The van der Waals surface area contributed by atoms with Crippen molar-refractivity contribution >= 4 is 34.2 Å². The van der Waals surface area contributed by atoms with Gasteiger partial charge in [0.2, 0.25) is 5.91 Å². The Kier molecular flexibility index (Phi) is 7.73. The Morgan fingerprint density at radius 1 is 0.972 bits per heavy atom. The SMILES string of the molecule is CC(=O)NCCCc1nnc(SCC(=O)c2ccc3ccccc3c2)n1-c1cccc(C(F)(F)F)c1. The van der Waals surface area contributed by atoms with Crippen molar-refractivity contribution in [2.24, 2.45) is 0 Å². The smallest absolute Gasteiger partial charge is 0.356 e. The van der Waals surface area contributed by atoms with E-state index in [-0.39, 0.29) is 23.1 Å². The Bertz CT molecular complexity index is 1400. The molecule has 4 aromatic rings. The number of hydrogen-bond donors (Lipinski definition) is 1. The average Bonchev–Trinajstić information content (AvgIpc) is 3.27. The van der Waals surface area contributed by atoms with Gasteiger partial charge in [0.05, 0.1) is 11.3 Å². The number of rotatable bonds is 9. The Balaban J connectivity index is 1.58. The van der Waals surface area contributed by atoms with Crippen LogP contribution in [0.2, 0.25) is 0 Å². The third kappa shape index (κ3) is 6.12. The van der Waals surface area contributed by atoms with Gasteiger partial charge in [0.15, 0.2) is 10.9 Å². The van der Waals surface area contributed by atoms with Gasteiger partial charge in [-0.3, -0.25) is 14.2 Å². The highest BCUT2D eigenvalue weighted by Gasteiger charge is 2.31. The van der Waals surface area contributed by atoms with Gasteiger partial charge < -0.3 is 5.32 Å². The van der Waals surface area contributed by atoms with Crippen LogP contribution in [0.5, 0.6) is 0 Å². The minimum absolute atomic E-state index is 0.0430. The molecule has 4 rings (SSSR count). The van der Waals surface area contributed by atoms with E-state index >= 15 is 0 Å². The maximum Gasteiger partial charge on any atom is 0.416 e. The number of benzene rings is 3. The predicted octanol–water partition coefficient (Wildman–Crippen LogP) is 5.48. The number of nitrogens with zero attached hydrogens (tertiary/aromatic N) is 3. The van der Waals surface area contributed by atoms with Crippen molar-refractivity contribution in [3.8, 4) is 5.69 Å². The Hall–Kier alpha value is -3.66. The van der Waals surface area contributed by atoms with Crippen LogP contribution < -0.4 is 5.32 Å². The van der Waals surface area contributed by atoms with Crippen molar-refractivity contribution in [1.82, 2.24) is 20.1 Å². The van der Waals surface area contributed by atoms with Crippen LogP contribution in [0.15, 0.2) is 71.9 Å². The Morgan fingerprint density at radius 2 is 1.75 bits per heavy atom. The molecule has 6 nitrogen and oxygen atoms in total. The van der Waals surface area contributed by atoms with Crippen molar-refractivity contribution in [2.45, 2.75) is 31.1 Å². The van der Waals surface area contributed by atoms with Gasteiger partial charge in [0, 0.05) is 31.1 Å². The monoisotopic (exact) mass is 512 g/mol. The summed E-state index contributed by atoms with van der Waals surface area (Å²) in [6.07, 6.45) is -3.60. The Labute approximate surface area is 209 Å². The van der Waals surface area contributed by atoms with Crippen LogP contribution in [-0.4, -0.2) is 38.8 Å². The lowest BCUT2D eigenvalue weighted by molar-refractivity contribution is -0.137. The minimum atomic E-state index is -4.51. The normalized spacial score (nSPS) is 11.6. The summed E-state index contributed by atoms with van der Waals surface area (Å²) in [5.74, 6) is 0.191. The molecule has 1 heterocycles. The molecule has 0 aliphatic carbocycles. The van der Waals surface area contributed by atoms with Crippen LogP contribution in [0, 0.1) is 0 Å². The van der Waals surface area contributed by atoms with E-state index in [1.807, 2.05) is 36.4 Å². The summed E-state index contributed by atoms with van der Waals surface area (Å²) in [7, 11) is 0. The lowest BCUT2D eigenvalue weighted by atomic mass is 10.1. The number of thioether (sulfide) groups is 1. The van der Waals surface area contributed by atoms with Crippen molar-refractivity contribution in [2.75, 3.05) is 12.3 Å². The third-order valence-electron chi connectivity index (χ3n) is 5.49. The van der Waals surface area contributed by atoms with Crippen molar-refractivity contribution in [3.05, 3.63) is 83.7 Å². The molecule has 0 radical (unpaired) electrons. The molecule has 1 aromatic heterocycles. The first-order valence-electron chi connectivity index (χ1n) is 11.2. The number of amides is 1. The van der Waals surface area contributed by atoms with Crippen LogP contribution in [0.25, 0.3) is 16.5 Å². The van der Waals surface area contributed by atoms with E-state index in [9.17, 15) is 22.8 Å². The molecule has 0 fully saturated rings. The summed E-state index contributed by atoms with van der Waals surface area (Å²) in [5.41, 5.74) is 0.00737. The van der Waals surface area contributed by atoms with Gasteiger partial charge in [-0.05, 0) is 41.5 Å². The fourth-order valence-corrected chi connectivity index (χ4v) is 4.59. The molecule has 36 heavy (non-hydrogen) atoms. The first kappa shape index (κ1) is 25.4. The van der Waals surface area contributed by atoms with Crippen LogP contribution in [0.3, 0.4) is 0 Å². The molecule has 0 spiro atoms. The minimum Gasteiger partial charge on any atom is -0.356 e. The number of alkyl halides is 3. The van der Waals surface area contributed by atoms with E-state index in [0.717, 1.165) is 34.7 Å². The molecule has 186 valence electrons. The molecular formula is C26H23F3N4O2S. The molecule has 0 saturated heterocycles. The highest BCUT2D eigenvalue weighted by molar-refractivity contribution is 7.99. The average molecular weight is 513 g/mol. The lowest BCUT2D eigenvalue weighted by Crippen LogP contribution is -2.21. The molecule has 0 saturated carbocycles. The summed E-state index contributed by atoms with van der Waals surface area (Å²) >= 11 is 1.12. The van der Waals surface area contributed by atoms with Gasteiger partial charge >= 0.3 is 6.18 Å². The van der Waals surface area contributed by atoms with Crippen LogP contribution in [-0.2, 0) is 17.4 Å². The molecule has 10 heteroatoms. The molecule has 1 N–H and O–H groups in total. The molecule has 3 aromatic carbocycles. The van der Waals surface area contributed by atoms with E-state index in [0.29, 0.717) is 35.9 Å². The van der Waals surface area contributed by atoms with Gasteiger partial charge in [-0.15, -0.1) is 10.2 Å². The van der Waals surface area contributed by atoms with Crippen molar-refractivity contribution in [3.63, 3.8) is 0 Å². The first-order valence-corrected chi connectivity index (χ1v) is 12.2. The second-order valence-electron chi connectivity index (χ2n) is 8.14. The van der Waals surface area contributed by atoms with Gasteiger partial charge in [0.1, 0.15) is 5.82 Å². The van der Waals surface area contributed by atoms with E-state index in [4.69, 9.17) is 0 Å². The number of fused-ring (bicyclic) bond motifs is 1. The summed E-state index contributed by atoms with van der Waals surface area (Å²) < 4.78 is 41.6. The fourth-order valence-electron chi connectivity index (χ4n) is 3.72. The number of Topliss-reactive ketones (excluding diaryl/α,β-unsaturated/α-hetero) is 1. The van der Waals surface area contributed by atoms with E-state index in [1.54, 1.807) is 16.7 Å². The standard InChI is InChI=1S/C26H23F3N4O2S/c1-17(34)30-13-5-10-24-31-32-25(33(24)22-9-4-8-21(15-22)26(27,28)29)36-16-23(35)20-12-11-18-6-2-3-7-19(18)14-20/h2-4,6-9,11-12,14-15H,5,10,13,16H2,1H3,(H,30,34). The van der Waals surface area contributed by atoms with E-state index in [1.165, 1.54) is 13.0 Å². The highest BCUT2D eigenvalue weighted by atomic mass is 32.2. The summed E-state index contributed by atoms with van der Waals surface area (Å²) in [6.45, 7) is 1.81. The molecule has 0 atom stereocenters. The van der Waals surface area contributed by atoms with Gasteiger partial charge in [-0.25, -0.2) is 0 Å². The van der Waals surface area contributed by atoms with Crippen LogP contribution in [0.4, 0.5) is 13.2 Å². The van der Waals surface area contributed by atoms with Gasteiger partial charge in [-0.2, -0.15) is 13.2 Å². The second kappa shape index (κ2) is 10.9.